The third-order valence-electron chi connectivity index (χ3n) is 4.29. The van der Waals surface area contributed by atoms with E-state index in [9.17, 15) is 4.79 Å². The Balaban J connectivity index is 1.90. The number of para-hydroxylation sites is 1. The predicted octanol–water partition coefficient (Wildman–Crippen LogP) is 6.01. The second-order valence-electron chi connectivity index (χ2n) is 6.38. The van der Waals surface area contributed by atoms with E-state index in [1.165, 1.54) is 4.68 Å². The van der Waals surface area contributed by atoms with Gasteiger partial charge in [0.15, 0.2) is 0 Å². The van der Waals surface area contributed by atoms with Crippen LogP contribution in [-0.2, 0) is 0 Å². The lowest BCUT2D eigenvalue weighted by Crippen LogP contribution is -2.22. The molecule has 6 nitrogen and oxygen atoms in total. The number of aromatic nitrogens is 2. The molecule has 0 aliphatic carbocycles. The Morgan fingerprint density at radius 2 is 1.73 bits per heavy atom. The molecule has 0 bridgehead atoms. The summed E-state index contributed by atoms with van der Waals surface area (Å²) in [6.45, 7) is 1.70. The first-order chi connectivity index (χ1) is 14.5. The minimum atomic E-state index is -0.305. The molecular weight excluding hydrogens is 421 g/mol. The van der Waals surface area contributed by atoms with E-state index in [0.29, 0.717) is 38.0 Å². The lowest BCUT2D eigenvalue weighted by molar-refractivity contribution is 0.764. The van der Waals surface area contributed by atoms with Gasteiger partial charge in [-0.15, -0.1) is 15.3 Å². The third kappa shape index (κ3) is 4.15. The highest BCUT2D eigenvalue weighted by Gasteiger charge is 2.12. The number of rotatable bonds is 3. The minimum Gasteiger partial charge on any atom is -0.267 e. The Labute approximate surface area is 182 Å². The fourth-order valence-electron chi connectivity index (χ4n) is 2.86. The van der Waals surface area contributed by atoms with E-state index >= 15 is 0 Å². The summed E-state index contributed by atoms with van der Waals surface area (Å²) >= 11 is 12.4. The van der Waals surface area contributed by atoms with Gasteiger partial charge in [0.1, 0.15) is 5.82 Å². The summed E-state index contributed by atoms with van der Waals surface area (Å²) in [5, 5.41) is 14.4. The van der Waals surface area contributed by atoms with Crippen molar-refractivity contribution in [3.8, 4) is 0 Å². The van der Waals surface area contributed by atoms with Crippen molar-refractivity contribution in [2.45, 2.75) is 6.92 Å². The van der Waals surface area contributed by atoms with E-state index in [0.717, 1.165) is 0 Å². The van der Waals surface area contributed by atoms with Crippen LogP contribution in [0.2, 0.25) is 10.0 Å². The molecule has 0 fully saturated rings. The Morgan fingerprint density at radius 1 is 0.967 bits per heavy atom. The van der Waals surface area contributed by atoms with E-state index < -0.39 is 0 Å². The molecule has 3 aromatic carbocycles. The number of hydrogen-bond acceptors (Lipinski definition) is 4. The van der Waals surface area contributed by atoms with Crippen molar-refractivity contribution >= 4 is 45.6 Å². The molecule has 4 aromatic rings. The molecule has 0 saturated heterocycles. The van der Waals surface area contributed by atoms with Crippen LogP contribution in [0.25, 0.3) is 10.9 Å². The van der Waals surface area contributed by atoms with Crippen LogP contribution in [0.5, 0.6) is 0 Å². The molecule has 30 heavy (non-hydrogen) atoms. The first kappa shape index (κ1) is 19.9. The quantitative estimate of drug-likeness (QED) is 0.224. The van der Waals surface area contributed by atoms with Gasteiger partial charge in [0.25, 0.3) is 5.56 Å². The average molecular weight is 436 g/mol. The Hall–Kier alpha value is -3.35. The maximum Gasteiger partial charge on any atom is 0.282 e. The summed E-state index contributed by atoms with van der Waals surface area (Å²) in [7, 11) is 0. The van der Waals surface area contributed by atoms with Crippen LogP contribution in [0.4, 0.5) is 5.69 Å². The summed E-state index contributed by atoms with van der Waals surface area (Å²) < 4.78 is 1.21. The van der Waals surface area contributed by atoms with Gasteiger partial charge in [-0.2, -0.15) is 4.68 Å². The molecule has 0 aliphatic heterocycles. The second-order valence-corrected chi connectivity index (χ2v) is 7.22. The first-order valence-electron chi connectivity index (χ1n) is 9.02. The van der Waals surface area contributed by atoms with Crippen LogP contribution in [0.1, 0.15) is 11.4 Å². The van der Waals surface area contributed by atoms with Crippen molar-refractivity contribution in [1.82, 2.24) is 9.66 Å². The monoisotopic (exact) mass is 435 g/mol. The number of amidine groups is 1. The summed E-state index contributed by atoms with van der Waals surface area (Å²) in [5.41, 5.74) is 1.37. The molecule has 8 heteroatoms. The van der Waals surface area contributed by atoms with E-state index in [1.54, 1.807) is 73.7 Å². The lowest BCUT2D eigenvalue weighted by atomic mass is 10.2. The molecule has 1 heterocycles. The summed E-state index contributed by atoms with van der Waals surface area (Å²) in [5.74, 6) is 0.587. The highest BCUT2D eigenvalue weighted by Crippen LogP contribution is 2.21. The van der Waals surface area contributed by atoms with Gasteiger partial charge < -0.3 is 0 Å². The standard InChI is InChI=1S/C22H15Cl2N5O/c1-14-25-20-12-5-3-10-18(20)22(30)29(14)28-21(17-9-2-4-11-19(17)24)27-26-16-8-6-7-15(23)13-16/h2-13H,1H3/b27-26?,28-21+. The molecule has 0 N–H and O–H groups in total. The summed E-state index contributed by atoms with van der Waals surface area (Å²) in [4.78, 5) is 17.5. The van der Waals surface area contributed by atoms with Crippen molar-refractivity contribution in [3.05, 3.63) is 105 Å². The van der Waals surface area contributed by atoms with Crippen LogP contribution in [0.15, 0.2) is 92.9 Å². The highest BCUT2D eigenvalue weighted by molar-refractivity contribution is 6.34. The van der Waals surface area contributed by atoms with Crippen LogP contribution < -0.4 is 5.56 Å². The van der Waals surface area contributed by atoms with Crippen LogP contribution >= 0.6 is 23.2 Å². The zero-order valence-corrected chi connectivity index (χ0v) is 17.3. The van der Waals surface area contributed by atoms with Crippen molar-refractivity contribution in [1.29, 1.82) is 0 Å². The van der Waals surface area contributed by atoms with Gasteiger partial charge in [-0.05, 0) is 49.4 Å². The molecule has 0 radical (unpaired) electrons. The molecule has 0 aliphatic rings. The van der Waals surface area contributed by atoms with Crippen molar-refractivity contribution in [3.63, 3.8) is 0 Å². The van der Waals surface area contributed by atoms with E-state index in [4.69, 9.17) is 23.2 Å². The fraction of sp³-hybridized carbons (Fsp3) is 0.0455. The number of benzene rings is 3. The molecular formula is C22H15Cl2N5O. The molecule has 0 amide bonds. The highest BCUT2D eigenvalue weighted by atomic mass is 35.5. The van der Waals surface area contributed by atoms with Gasteiger partial charge in [-0.1, -0.05) is 53.5 Å². The Kier molecular flexibility index (Phi) is 5.70. The lowest BCUT2D eigenvalue weighted by Gasteiger charge is -2.08. The fourth-order valence-corrected chi connectivity index (χ4v) is 3.27. The van der Waals surface area contributed by atoms with Crippen molar-refractivity contribution < 1.29 is 0 Å². The molecule has 4 rings (SSSR count). The Bertz CT molecular complexity index is 1360. The maximum atomic E-state index is 13.0. The second kappa shape index (κ2) is 8.57. The normalized spacial score (nSPS) is 12.0. The van der Waals surface area contributed by atoms with Gasteiger partial charge in [0.2, 0.25) is 5.84 Å². The summed E-state index contributed by atoms with van der Waals surface area (Å²) in [6, 6.07) is 21.1. The van der Waals surface area contributed by atoms with Crippen molar-refractivity contribution in [2.75, 3.05) is 0 Å². The van der Waals surface area contributed by atoms with Crippen molar-refractivity contribution in [2.24, 2.45) is 15.3 Å². The molecule has 0 saturated carbocycles. The molecule has 148 valence electrons. The van der Waals surface area contributed by atoms with E-state index in [2.05, 4.69) is 20.3 Å². The number of fused-ring (bicyclic) bond motifs is 1. The van der Waals surface area contributed by atoms with Gasteiger partial charge in [0.05, 0.1) is 21.6 Å². The number of azo groups is 1. The van der Waals surface area contributed by atoms with Crippen LogP contribution in [0, 0.1) is 6.92 Å². The van der Waals surface area contributed by atoms with E-state index in [1.807, 2.05) is 6.07 Å². The number of halogens is 2. The summed E-state index contributed by atoms with van der Waals surface area (Å²) in [6.07, 6.45) is 0. The molecule has 0 spiro atoms. The molecule has 1 aromatic heterocycles. The molecule has 0 atom stereocenters. The predicted molar refractivity (Wildman–Crippen MR) is 120 cm³/mol. The van der Waals surface area contributed by atoms with Crippen LogP contribution in [0.3, 0.4) is 0 Å². The van der Waals surface area contributed by atoms with Gasteiger partial charge in [0, 0.05) is 10.6 Å². The zero-order chi connectivity index (χ0) is 21.1. The number of aryl methyl sites for hydroxylation is 1. The SMILES string of the molecule is Cc1nc2ccccc2c(=O)n1/N=C(/N=Nc1cccc(Cl)c1)c1ccccc1Cl. The average Bonchev–Trinajstić information content (AvgIpc) is 2.74. The Morgan fingerprint density at radius 3 is 2.53 bits per heavy atom. The third-order valence-corrected chi connectivity index (χ3v) is 4.86. The van der Waals surface area contributed by atoms with E-state index in [-0.39, 0.29) is 11.4 Å². The zero-order valence-electron chi connectivity index (χ0n) is 15.8. The van der Waals surface area contributed by atoms with Gasteiger partial charge >= 0.3 is 0 Å². The van der Waals surface area contributed by atoms with Crippen LogP contribution in [-0.4, -0.2) is 15.5 Å². The number of nitrogens with zero attached hydrogens (tertiary/aromatic N) is 5. The number of hydrogen-bond donors (Lipinski definition) is 0. The van der Waals surface area contributed by atoms with Gasteiger partial charge in [-0.3, -0.25) is 4.79 Å². The topological polar surface area (TPSA) is 72.0 Å². The minimum absolute atomic E-state index is 0.169. The largest absolute Gasteiger partial charge is 0.282 e. The molecule has 0 unspecified atom stereocenters. The first-order valence-corrected chi connectivity index (χ1v) is 9.78. The maximum absolute atomic E-state index is 13.0. The smallest absolute Gasteiger partial charge is 0.267 e. The van der Waals surface area contributed by atoms with Gasteiger partial charge in [-0.25, -0.2) is 4.98 Å².